The molecule has 0 saturated carbocycles. The number of amides is 2. The first-order valence-corrected chi connectivity index (χ1v) is 9.25. The smallest absolute Gasteiger partial charge is 0.315 e. The highest BCUT2D eigenvalue weighted by Crippen LogP contribution is 2.33. The average Bonchev–Trinajstić information content (AvgIpc) is 3.18. The van der Waals surface area contributed by atoms with E-state index in [4.69, 9.17) is 0 Å². The Morgan fingerprint density at radius 2 is 1.63 bits per heavy atom. The summed E-state index contributed by atoms with van der Waals surface area (Å²) >= 11 is 1.69. The number of esters is 1. The molecule has 0 unspecified atom stereocenters. The third kappa shape index (κ3) is 3.97. The number of unbranched alkanes of at least 4 members (excludes halogenated alkanes) is 1. The molecule has 2 fully saturated rings. The van der Waals surface area contributed by atoms with Crippen LogP contribution in [0.5, 0.6) is 5.75 Å². The summed E-state index contributed by atoms with van der Waals surface area (Å²) in [6.45, 7) is 0. The molecule has 0 bridgehead atoms. The molecule has 0 aromatic heterocycles. The van der Waals surface area contributed by atoms with E-state index >= 15 is 0 Å². The summed E-state index contributed by atoms with van der Waals surface area (Å²) in [6.07, 6.45) is 1.34. The van der Waals surface area contributed by atoms with E-state index in [1.165, 1.54) is 0 Å². The van der Waals surface area contributed by atoms with E-state index in [-0.39, 0.29) is 29.8 Å². The molecule has 3 rings (SSSR count). The molecule has 11 heteroatoms. The number of carbonyl (C=O) groups is 2. The van der Waals surface area contributed by atoms with Crippen LogP contribution in [0.2, 0.25) is 0 Å². The van der Waals surface area contributed by atoms with E-state index in [0.717, 1.165) is 5.75 Å². The zero-order valence-corrected chi connectivity index (χ0v) is 14.6. The van der Waals surface area contributed by atoms with Crippen LogP contribution in [0.1, 0.15) is 25.7 Å². The zero-order chi connectivity index (χ0) is 19.7. The Labute approximate surface area is 155 Å². The van der Waals surface area contributed by atoms with Gasteiger partial charge in [0, 0.05) is 17.4 Å². The summed E-state index contributed by atoms with van der Waals surface area (Å²) in [5, 5.41) is 5.81. The number of carbonyl (C=O) groups excluding carboxylic acids is 2. The van der Waals surface area contributed by atoms with Crippen LogP contribution >= 0.6 is 11.8 Å². The fraction of sp³-hybridized carbons (Fsp3) is 0.500. The standard InChI is InChI=1S/C16H15F5N2O3S/c17-9-10(18)12(20)15(13(21)11(9)19)26-8(24)4-2-1-3-7-14-6(5-27-7)22-16(25)23-14/h6-7,14H,1-5H2,(H2,22,23,25)/t6-,7-,14+/m0/s1. The van der Waals surface area contributed by atoms with E-state index in [0.29, 0.717) is 19.3 Å². The van der Waals surface area contributed by atoms with Crippen LogP contribution in [0.4, 0.5) is 26.7 Å². The van der Waals surface area contributed by atoms with Crippen molar-refractivity contribution in [2.24, 2.45) is 0 Å². The lowest BCUT2D eigenvalue weighted by molar-refractivity contribution is -0.135. The number of ether oxygens (including phenoxy) is 1. The number of thioether (sulfide) groups is 1. The number of hydrogen-bond donors (Lipinski definition) is 2. The van der Waals surface area contributed by atoms with Crippen molar-refractivity contribution in [1.29, 1.82) is 0 Å². The van der Waals surface area contributed by atoms with Crippen LogP contribution in [0.3, 0.4) is 0 Å². The zero-order valence-electron chi connectivity index (χ0n) is 13.8. The lowest BCUT2D eigenvalue weighted by Crippen LogP contribution is -2.36. The molecule has 1 aromatic rings. The number of halogens is 5. The Balaban J connectivity index is 1.48. The normalized spacial score (nSPS) is 23.7. The Kier molecular flexibility index (Phi) is 5.78. The van der Waals surface area contributed by atoms with Gasteiger partial charge in [0.2, 0.25) is 34.8 Å². The van der Waals surface area contributed by atoms with E-state index in [9.17, 15) is 31.5 Å². The molecule has 2 aliphatic heterocycles. The molecular weight excluding hydrogens is 395 g/mol. The second-order valence-electron chi connectivity index (χ2n) is 6.24. The summed E-state index contributed by atoms with van der Waals surface area (Å²) < 4.78 is 70.4. The van der Waals surface area contributed by atoms with Crippen LogP contribution in [-0.2, 0) is 4.79 Å². The Bertz CT molecular complexity index is 750. The van der Waals surface area contributed by atoms with Gasteiger partial charge < -0.3 is 15.4 Å². The monoisotopic (exact) mass is 410 g/mol. The lowest BCUT2D eigenvalue weighted by atomic mass is 10.0. The summed E-state index contributed by atoms with van der Waals surface area (Å²) in [6, 6.07) is -0.115. The van der Waals surface area contributed by atoms with Crippen molar-refractivity contribution >= 4 is 23.8 Å². The summed E-state index contributed by atoms with van der Waals surface area (Å²) in [4.78, 5) is 23.0. The Morgan fingerprint density at radius 3 is 2.30 bits per heavy atom. The van der Waals surface area contributed by atoms with Crippen molar-refractivity contribution in [2.75, 3.05) is 5.75 Å². The van der Waals surface area contributed by atoms with Gasteiger partial charge in [-0.1, -0.05) is 6.42 Å². The van der Waals surface area contributed by atoms with Crippen molar-refractivity contribution in [3.63, 3.8) is 0 Å². The average molecular weight is 410 g/mol. The molecule has 1 aromatic carbocycles. The van der Waals surface area contributed by atoms with Crippen LogP contribution in [0.25, 0.3) is 0 Å². The molecule has 0 radical (unpaired) electrons. The van der Waals surface area contributed by atoms with Crippen LogP contribution in [0, 0.1) is 29.1 Å². The first-order valence-electron chi connectivity index (χ1n) is 8.20. The topological polar surface area (TPSA) is 67.4 Å². The summed E-state index contributed by atoms with van der Waals surface area (Å²) in [7, 11) is 0. The van der Waals surface area contributed by atoms with Crippen LogP contribution < -0.4 is 15.4 Å². The third-order valence-electron chi connectivity index (χ3n) is 4.44. The summed E-state index contributed by atoms with van der Waals surface area (Å²) in [5.74, 6) is -12.9. The summed E-state index contributed by atoms with van der Waals surface area (Å²) in [5.41, 5.74) is 0. The molecule has 2 aliphatic rings. The van der Waals surface area contributed by atoms with E-state index in [1.54, 1.807) is 11.8 Å². The predicted molar refractivity (Wildman–Crippen MR) is 85.8 cm³/mol. The highest BCUT2D eigenvalue weighted by atomic mass is 32.2. The minimum atomic E-state index is -2.31. The minimum absolute atomic E-state index is 0.0165. The Morgan fingerprint density at radius 1 is 1.00 bits per heavy atom. The molecule has 148 valence electrons. The fourth-order valence-electron chi connectivity index (χ4n) is 3.10. The number of rotatable bonds is 6. The quantitative estimate of drug-likeness (QED) is 0.144. The van der Waals surface area contributed by atoms with Gasteiger partial charge in [-0.25, -0.2) is 18.0 Å². The highest BCUT2D eigenvalue weighted by molar-refractivity contribution is 8.00. The van der Waals surface area contributed by atoms with Gasteiger partial charge in [0.05, 0.1) is 12.1 Å². The third-order valence-corrected chi connectivity index (χ3v) is 5.95. The van der Waals surface area contributed by atoms with Gasteiger partial charge in [-0.3, -0.25) is 4.79 Å². The second-order valence-corrected chi connectivity index (χ2v) is 7.51. The van der Waals surface area contributed by atoms with Gasteiger partial charge in [0.25, 0.3) is 0 Å². The predicted octanol–water partition coefficient (Wildman–Crippen LogP) is 3.01. The SMILES string of the molecule is O=C1N[C@@H]2[C@H](CS[C@H]2CCCCC(=O)Oc2c(F)c(F)c(F)c(F)c2F)N1. The number of nitrogens with one attached hydrogen (secondary N) is 2. The molecule has 2 heterocycles. The van der Waals surface area contributed by atoms with E-state index in [1.807, 2.05) is 0 Å². The maximum atomic E-state index is 13.5. The highest BCUT2D eigenvalue weighted by Gasteiger charge is 2.42. The van der Waals surface area contributed by atoms with Crippen LogP contribution in [-0.4, -0.2) is 35.1 Å². The minimum Gasteiger partial charge on any atom is -0.420 e. The molecule has 3 atom stereocenters. The first kappa shape index (κ1) is 19.7. The molecule has 2 amide bonds. The number of benzene rings is 1. The van der Waals surface area contributed by atoms with Gasteiger partial charge >= 0.3 is 12.0 Å². The molecule has 27 heavy (non-hydrogen) atoms. The number of urea groups is 1. The molecule has 5 nitrogen and oxygen atoms in total. The fourth-order valence-corrected chi connectivity index (χ4v) is 4.64. The lowest BCUT2D eigenvalue weighted by Gasteiger charge is -2.16. The number of fused-ring (bicyclic) bond motifs is 1. The van der Waals surface area contributed by atoms with Crippen LogP contribution in [0.15, 0.2) is 0 Å². The molecular formula is C16H15F5N2O3S. The van der Waals surface area contributed by atoms with Gasteiger partial charge in [-0.15, -0.1) is 0 Å². The van der Waals surface area contributed by atoms with Crippen molar-refractivity contribution in [2.45, 2.75) is 43.0 Å². The molecule has 2 N–H and O–H groups in total. The van der Waals surface area contributed by atoms with E-state index < -0.39 is 40.8 Å². The molecule has 0 spiro atoms. The van der Waals surface area contributed by atoms with Gasteiger partial charge in [-0.2, -0.15) is 20.5 Å². The van der Waals surface area contributed by atoms with Crippen molar-refractivity contribution in [3.05, 3.63) is 29.1 Å². The second kappa shape index (κ2) is 7.91. The first-order chi connectivity index (χ1) is 12.8. The maximum Gasteiger partial charge on any atom is 0.315 e. The van der Waals surface area contributed by atoms with Crippen molar-refractivity contribution in [1.82, 2.24) is 10.6 Å². The van der Waals surface area contributed by atoms with Crippen molar-refractivity contribution in [3.8, 4) is 5.75 Å². The van der Waals surface area contributed by atoms with Crippen molar-refractivity contribution < 1.29 is 36.3 Å². The van der Waals surface area contributed by atoms with Gasteiger partial charge in [-0.05, 0) is 12.8 Å². The largest absolute Gasteiger partial charge is 0.420 e. The van der Waals surface area contributed by atoms with Gasteiger partial charge in [0.1, 0.15) is 0 Å². The maximum absolute atomic E-state index is 13.5. The number of hydrogen-bond acceptors (Lipinski definition) is 4. The molecule has 0 aliphatic carbocycles. The molecule has 2 saturated heterocycles. The Hall–Kier alpha value is -2.04. The van der Waals surface area contributed by atoms with E-state index in [2.05, 4.69) is 15.4 Å². The van der Waals surface area contributed by atoms with Gasteiger partial charge in [0.15, 0.2) is 0 Å².